The molecule has 5 heteroatoms. The number of amides is 1. The van der Waals surface area contributed by atoms with Crippen LogP contribution in [0.1, 0.15) is 9.75 Å². The summed E-state index contributed by atoms with van der Waals surface area (Å²) in [5.41, 5.74) is 1.08. The zero-order chi connectivity index (χ0) is 14.4. The van der Waals surface area contributed by atoms with Gasteiger partial charge in [-0.25, -0.2) is 0 Å². The molecule has 3 nitrogen and oxygen atoms in total. The number of carbonyl (C=O) groups excluding carboxylic acids is 1. The van der Waals surface area contributed by atoms with E-state index in [9.17, 15) is 4.79 Å². The van der Waals surface area contributed by atoms with E-state index in [-0.39, 0.29) is 5.92 Å². The Kier molecular flexibility index (Phi) is 3.36. The summed E-state index contributed by atoms with van der Waals surface area (Å²) in [6, 6.07) is 6.45. The SMILES string of the molecule is Cc1ccc(CN2C[C@H]3CN(c4ccsc4)C(=O)[C@H]3C2)s1. The molecule has 110 valence electrons. The summed E-state index contributed by atoms with van der Waals surface area (Å²) >= 11 is 3.52. The van der Waals surface area contributed by atoms with E-state index in [0.717, 1.165) is 31.9 Å². The van der Waals surface area contributed by atoms with Gasteiger partial charge in [0.15, 0.2) is 0 Å². The predicted molar refractivity (Wildman–Crippen MR) is 88.0 cm³/mol. The van der Waals surface area contributed by atoms with Crippen LogP contribution in [0.3, 0.4) is 0 Å². The number of likely N-dealkylation sites (tertiary alicyclic amines) is 1. The van der Waals surface area contributed by atoms with Gasteiger partial charge in [-0.1, -0.05) is 0 Å². The van der Waals surface area contributed by atoms with Crippen LogP contribution in [0.2, 0.25) is 0 Å². The molecule has 2 aromatic rings. The Balaban J connectivity index is 1.43. The molecule has 0 bridgehead atoms. The first-order chi connectivity index (χ1) is 10.2. The summed E-state index contributed by atoms with van der Waals surface area (Å²) in [6.07, 6.45) is 0. The molecule has 0 aromatic carbocycles. The molecule has 0 spiro atoms. The van der Waals surface area contributed by atoms with E-state index < -0.39 is 0 Å². The Morgan fingerprint density at radius 1 is 1.24 bits per heavy atom. The number of nitrogens with zero attached hydrogens (tertiary/aromatic N) is 2. The van der Waals surface area contributed by atoms with Crippen molar-refractivity contribution >= 4 is 34.3 Å². The zero-order valence-corrected chi connectivity index (χ0v) is 13.6. The van der Waals surface area contributed by atoms with Crippen molar-refractivity contribution in [3.8, 4) is 0 Å². The molecule has 2 fully saturated rings. The molecule has 0 aliphatic carbocycles. The minimum atomic E-state index is 0.200. The highest BCUT2D eigenvalue weighted by molar-refractivity contribution is 7.11. The van der Waals surface area contributed by atoms with Gasteiger partial charge in [0.05, 0.1) is 11.6 Å². The second-order valence-corrected chi connectivity index (χ2v) is 8.16. The van der Waals surface area contributed by atoms with Gasteiger partial charge in [0.1, 0.15) is 0 Å². The third-order valence-electron chi connectivity index (χ3n) is 4.51. The highest BCUT2D eigenvalue weighted by Gasteiger charge is 2.46. The molecule has 2 saturated heterocycles. The van der Waals surface area contributed by atoms with Crippen molar-refractivity contribution in [3.63, 3.8) is 0 Å². The van der Waals surface area contributed by atoms with E-state index in [4.69, 9.17) is 0 Å². The molecule has 2 aliphatic rings. The van der Waals surface area contributed by atoms with Gasteiger partial charge >= 0.3 is 0 Å². The van der Waals surface area contributed by atoms with Crippen molar-refractivity contribution in [1.29, 1.82) is 0 Å². The van der Waals surface area contributed by atoms with Gasteiger partial charge in [-0.05, 0) is 30.5 Å². The maximum atomic E-state index is 12.6. The summed E-state index contributed by atoms with van der Waals surface area (Å²) in [5.74, 6) is 1.02. The quantitative estimate of drug-likeness (QED) is 0.867. The maximum Gasteiger partial charge on any atom is 0.231 e. The smallest absolute Gasteiger partial charge is 0.231 e. The Bertz CT molecular complexity index is 649. The summed E-state index contributed by atoms with van der Waals surface area (Å²) in [6.45, 7) is 6.00. The van der Waals surface area contributed by atoms with Gasteiger partial charge in [-0.2, -0.15) is 11.3 Å². The molecule has 2 aliphatic heterocycles. The molecule has 4 heterocycles. The molecule has 2 aromatic heterocycles. The van der Waals surface area contributed by atoms with Crippen molar-refractivity contribution in [2.24, 2.45) is 11.8 Å². The van der Waals surface area contributed by atoms with Crippen molar-refractivity contribution in [2.45, 2.75) is 13.5 Å². The van der Waals surface area contributed by atoms with Crippen LogP contribution in [-0.2, 0) is 11.3 Å². The third-order valence-corrected chi connectivity index (χ3v) is 6.17. The lowest BCUT2D eigenvalue weighted by atomic mass is 10.0. The van der Waals surface area contributed by atoms with Gasteiger partial charge in [0, 0.05) is 47.2 Å². The van der Waals surface area contributed by atoms with E-state index >= 15 is 0 Å². The monoisotopic (exact) mass is 318 g/mol. The summed E-state index contributed by atoms with van der Waals surface area (Å²) in [7, 11) is 0. The Morgan fingerprint density at radius 2 is 2.14 bits per heavy atom. The van der Waals surface area contributed by atoms with Gasteiger partial charge in [0.2, 0.25) is 5.91 Å². The molecular formula is C16H18N2OS2. The fourth-order valence-electron chi connectivity index (χ4n) is 3.51. The molecule has 0 unspecified atom stereocenters. The lowest BCUT2D eigenvalue weighted by molar-refractivity contribution is -0.120. The minimum Gasteiger partial charge on any atom is -0.311 e. The number of fused-ring (bicyclic) bond motifs is 1. The van der Waals surface area contributed by atoms with E-state index in [2.05, 4.69) is 35.4 Å². The van der Waals surface area contributed by atoms with Crippen molar-refractivity contribution < 1.29 is 4.79 Å². The lowest BCUT2D eigenvalue weighted by Crippen LogP contribution is -2.32. The molecule has 21 heavy (non-hydrogen) atoms. The molecule has 1 amide bonds. The van der Waals surface area contributed by atoms with Gasteiger partial charge in [-0.3, -0.25) is 9.69 Å². The number of hydrogen-bond donors (Lipinski definition) is 0. The van der Waals surface area contributed by atoms with Crippen molar-refractivity contribution in [2.75, 3.05) is 24.5 Å². The largest absolute Gasteiger partial charge is 0.311 e. The van der Waals surface area contributed by atoms with Crippen LogP contribution in [-0.4, -0.2) is 30.4 Å². The van der Waals surface area contributed by atoms with Crippen LogP contribution < -0.4 is 4.90 Å². The summed E-state index contributed by atoms with van der Waals surface area (Å²) in [4.78, 5) is 19.8. The van der Waals surface area contributed by atoms with Gasteiger partial charge in [0.25, 0.3) is 0 Å². The molecule has 4 rings (SSSR count). The minimum absolute atomic E-state index is 0.200. The van der Waals surface area contributed by atoms with Crippen LogP contribution in [0.5, 0.6) is 0 Å². The van der Waals surface area contributed by atoms with Crippen LogP contribution in [0.25, 0.3) is 0 Å². The third kappa shape index (κ3) is 2.43. The topological polar surface area (TPSA) is 23.6 Å². The lowest BCUT2D eigenvalue weighted by Gasteiger charge is -2.20. The van der Waals surface area contributed by atoms with E-state index in [1.807, 2.05) is 21.6 Å². The molecule has 0 saturated carbocycles. The second-order valence-electron chi connectivity index (χ2n) is 6.00. The highest BCUT2D eigenvalue weighted by atomic mass is 32.1. The average Bonchev–Trinajstić information content (AvgIpc) is 3.18. The molecular weight excluding hydrogens is 300 g/mol. The number of thiophene rings is 2. The Morgan fingerprint density at radius 3 is 2.81 bits per heavy atom. The predicted octanol–water partition coefficient (Wildman–Crippen LogP) is 3.21. The second kappa shape index (κ2) is 5.23. The van der Waals surface area contributed by atoms with E-state index in [0.29, 0.717) is 11.8 Å². The summed E-state index contributed by atoms with van der Waals surface area (Å²) in [5, 5.41) is 4.12. The number of anilines is 1. The number of carbonyl (C=O) groups is 1. The zero-order valence-electron chi connectivity index (χ0n) is 12.0. The highest BCUT2D eigenvalue weighted by Crippen LogP contribution is 2.36. The molecule has 0 radical (unpaired) electrons. The van der Waals surface area contributed by atoms with Crippen molar-refractivity contribution in [3.05, 3.63) is 38.7 Å². The van der Waals surface area contributed by atoms with Crippen LogP contribution in [0, 0.1) is 18.8 Å². The molecule has 2 atom stereocenters. The Hall–Kier alpha value is -1.17. The standard InChI is InChI=1S/C16H18N2OS2/c1-11-2-3-14(21-11)8-17-6-12-7-18(13-4-5-20-10-13)16(19)15(12)9-17/h2-5,10,12,15H,6-9H2,1H3/t12-,15-/m0/s1. The average molecular weight is 318 g/mol. The van der Waals surface area contributed by atoms with Crippen LogP contribution in [0.15, 0.2) is 29.0 Å². The van der Waals surface area contributed by atoms with E-state index in [1.165, 1.54) is 9.75 Å². The fourth-order valence-corrected chi connectivity index (χ4v) is 5.09. The number of aryl methyl sites for hydroxylation is 1. The first kappa shape index (κ1) is 13.5. The van der Waals surface area contributed by atoms with Crippen LogP contribution >= 0.6 is 22.7 Å². The number of hydrogen-bond acceptors (Lipinski definition) is 4. The van der Waals surface area contributed by atoms with Crippen LogP contribution in [0.4, 0.5) is 5.69 Å². The maximum absolute atomic E-state index is 12.6. The Labute approximate surface area is 132 Å². The van der Waals surface area contributed by atoms with Gasteiger partial charge < -0.3 is 4.90 Å². The first-order valence-corrected chi connectivity index (χ1v) is 9.08. The fraction of sp³-hybridized carbons (Fsp3) is 0.438. The van der Waals surface area contributed by atoms with Gasteiger partial charge in [-0.15, -0.1) is 11.3 Å². The van der Waals surface area contributed by atoms with Crippen molar-refractivity contribution in [1.82, 2.24) is 4.90 Å². The summed E-state index contributed by atoms with van der Waals surface area (Å²) < 4.78 is 0. The normalized spacial score (nSPS) is 25.8. The number of rotatable bonds is 3. The first-order valence-electron chi connectivity index (χ1n) is 7.32. The molecule has 0 N–H and O–H groups in total. The van der Waals surface area contributed by atoms with E-state index in [1.54, 1.807) is 11.3 Å².